The van der Waals surface area contributed by atoms with Crippen LogP contribution in [0.5, 0.6) is 5.75 Å². The number of amides is 1. The van der Waals surface area contributed by atoms with E-state index in [4.69, 9.17) is 4.74 Å². The first-order valence-electron chi connectivity index (χ1n) is 8.27. The number of H-pyrrole nitrogens is 2. The van der Waals surface area contributed by atoms with Gasteiger partial charge in [0.15, 0.2) is 0 Å². The second-order valence-corrected chi connectivity index (χ2v) is 6.02. The van der Waals surface area contributed by atoms with Crippen LogP contribution >= 0.6 is 0 Å². The number of ether oxygens (including phenoxy) is 1. The van der Waals surface area contributed by atoms with Crippen molar-refractivity contribution in [1.82, 2.24) is 25.1 Å². The van der Waals surface area contributed by atoms with E-state index in [0.29, 0.717) is 31.1 Å². The molecule has 0 spiro atoms. The maximum atomic E-state index is 12.6. The third kappa shape index (κ3) is 3.21. The number of hydrogen-bond donors (Lipinski definition) is 2. The van der Waals surface area contributed by atoms with Crippen LogP contribution in [0, 0.1) is 0 Å². The molecule has 0 fully saturated rings. The number of carbonyl (C=O) groups is 1. The fraction of sp³-hybridized carbons (Fsp3) is 0.222. The summed E-state index contributed by atoms with van der Waals surface area (Å²) in [5.74, 6) is 0.715. The largest absolute Gasteiger partial charge is 0.486 e. The summed E-state index contributed by atoms with van der Waals surface area (Å²) >= 11 is 0. The molecule has 3 heterocycles. The predicted molar refractivity (Wildman–Crippen MR) is 92.7 cm³/mol. The lowest BCUT2D eigenvalue weighted by molar-refractivity contribution is 0.0731. The lowest BCUT2D eigenvalue weighted by atomic mass is 10.1. The molecule has 26 heavy (non-hydrogen) atoms. The highest BCUT2D eigenvalue weighted by molar-refractivity contribution is 5.93. The second-order valence-electron chi connectivity index (χ2n) is 6.02. The van der Waals surface area contributed by atoms with E-state index in [-0.39, 0.29) is 18.1 Å². The fourth-order valence-electron chi connectivity index (χ4n) is 2.89. The molecule has 1 aromatic carbocycles. The molecular weight excluding hydrogens is 334 g/mol. The minimum Gasteiger partial charge on any atom is -0.486 e. The molecule has 4 rings (SSSR count). The Hall–Kier alpha value is -3.42. The molecule has 0 atom stereocenters. The molecular formula is C18H17N5O3. The molecule has 1 aliphatic heterocycles. The molecule has 1 amide bonds. The van der Waals surface area contributed by atoms with Crippen molar-refractivity contribution >= 4 is 5.91 Å². The van der Waals surface area contributed by atoms with E-state index in [9.17, 15) is 9.59 Å². The Labute approximate surface area is 148 Å². The van der Waals surface area contributed by atoms with Crippen molar-refractivity contribution < 1.29 is 9.53 Å². The van der Waals surface area contributed by atoms with Crippen LogP contribution in [0.2, 0.25) is 0 Å². The van der Waals surface area contributed by atoms with Crippen molar-refractivity contribution in [3.8, 4) is 5.75 Å². The van der Waals surface area contributed by atoms with Crippen LogP contribution in [0.25, 0.3) is 0 Å². The molecule has 8 heteroatoms. The van der Waals surface area contributed by atoms with E-state index >= 15 is 0 Å². The Morgan fingerprint density at radius 2 is 2.08 bits per heavy atom. The molecule has 0 radical (unpaired) electrons. The number of benzene rings is 1. The third-order valence-corrected chi connectivity index (χ3v) is 4.29. The molecule has 1 aliphatic rings. The maximum Gasteiger partial charge on any atom is 0.263 e. The van der Waals surface area contributed by atoms with Gasteiger partial charge in [-0.3, -0.25) is 14.7 Å². The highest BCUT2D eigenvalue weighted by atomic mass is 16.5. The van der Waals surface area contributed by atoms with Gasteiger partial charge in [0.25, 0.3) is 11.5 Å². The normalized spacial score (nSPS) is 13.3. The number of aromatic amines is 2. The van der Waals surface area contributed by atoms with Gasteiger partial charge in [-0.05, 0) is 12.1 Å². The Balaban J connectivity index is 1.46. The zero-order chi connectivity index (χ0) is 17.9. The monoisotopic (exact) mass is 351 g/mol. The fourth-order valence-corrected chi connectivity index (χ4v) is 2.89. The lowest BCUT2D eigenvalue weighted by Crippen LogP contribution is -2.38. The number of aromatic nitrogens is 4. The molecule has 8 nitrogen and oxygen atoms in total. The summed E-state index contributed by atoms with van der Waals surface area (Å²) in [4.78, 5) is 33.4. The number of fused-ring (bicyclic) bond motifs is 1. The molecule has 0 unspecified atom stereocenters. The number of para-hydroxylation sites is 1. The third-order valence-electron chi connectivity index (χ3n) is 4.29. The topological polar surface area (TPSA) is 104 Å². The van der Waals surface area contributed by atoms with Gasteiger partial charge in [0.2, 0.25) is 0 Å². The molecule has 132 valence electrons. The lowest BCUT2D eigenvalue weighted by Gasteiger charge is -2.26. The Kier molecular flexibility index (Phi) is 4.22. The summed E-state index contributed by atoms with van der Waals surface area (Å²) in [6.07, 6.45) is 3.71. The van der Waals surface area contributed by atoms with Crippen LogP contribution in [0.1, 0.15) is 27.4 Å². The van der Waals surface area contributed by atoms with Gasteiger partial charge in [0.05, 0.1) is 6.20 Å². The van der Waals surface area contributed by atoms with Gasteiger partial charge in [0.1, 0.15) is 23.7 Å². The highest BCUT2D eigenvalue weighted by Gasteiger charge is 2.25. The minimum absolute atomic E-state index is 0.0282. The Bertz CT molecular complexity index is 980. The van der Waals surface area contributed by atoms with Crippen molar-refractivity contribution in [2.24, 2.45) is 0 Å². The summed E-state index contributed by atoms with van der Waals surface area (Å²) in [5, 5.41) is 6.91. The van der Waals surface area contributed by atoms with Crippen molar-refractivity contribution in [2.45, 2.75) is 19.6 Å². The zero-order valence-corrected chi connectivity index (χ0v) is 13.9. The molecule has 0 bridgehead atoms. The van der Waals surface area contributed by atoms with Crippen LogP contribution in [0.15, 0.2) is 47.5 Å². The number of hydrogen-bond acceptors (Lipinski definition) is 5. The van der Waals surface area contributed by atoms with E-state index < -0.39 is 5.56 Å². The zero-order valence-electron chi connectivity index (χ0n) is 13.9. The van der Waals surface area contributed by atoms with Crippen LogP contribution in [0.4, 0.5) is 0 Å². The van der Waals surface area contributed by atoms with Crippen molar-refractivity contribution in [3.05, 3.63) is 75.7 Å². The van der Waals surface area contributed by atoms with Crippen molar-refractivity contribution in [3.63, 3.8) is 0 Å². The van der Waals surface area contributed by atoms with E-state index in [0.717, 1.165) is 11.3 Å². The SMILES string of the molecule is O=C(c1cnc(COc2ccccc2)[nH]c1=O)N1CCc2[nH]ncc2C1. The summed E-state index contributed by atoms with van der Waals surface area (Å²) < 4.78 is 5.56. The average Bonchev–Trinajstić information content (AvgIpc) is 3.14. The first kappa shape index (κ1) is 16.1. The van der Waals surface area contributed by atoms with Gasteiger partial charge in [0, 0.05) is 37.0 Å². The van der Waals surface area contributed by atoms with Gasteiger partial charge >= 0.3 is 0 Å². The quantitative estimate of drug-likeness (QED) is 0.737. The smallest absolute Gasteiger partial charge is 0.263 e. The van der Waals surface area contributed by atoms with Crippen molar-refractivity contribution in [1.29, 1.82) is 0 Å². The van der Waals surface area contributed by atoms with E-state index in [1.807, 2.05) is 30.3 Å². The van der Waals surface area contributed by atoms with Crippen LogP contribution in [0.3, 0.4) is 0 Å². The molecule has 0 saturated carbocycles. The van der Waals surface area contributed by atoms with E-state index in [1.165, 1.54) is 6.20 Å². The van der Waals surface area contributed by atoms with Crippen LogP contribution in [-0.4, -0.2) is 37.5 Å². The van der Waals surface area contributed by atoms with Crippen LogP contribution < -0.4 is 10.3 Å². The van der Waals surface area contributed by atoms with Crippen molar-refractivity contribution in [2.75, 3.05) is 6.54 Å². The first-order valence-corrected chi connectivity index (χ1v) is 8.27. The molecule has 2 N–H and O–H groups in total. The van der Waals surface area contributed by atoms with Gasteiger partial charge in [-0.25, -0.2) is 4.98 Å². The molecule has 0 aliphatic carbocycles. The second kappa shape index (κ2) is 6.83. The van der Waals surface area contributed by atoms with Gasteiger partial charge in [-0.2, -0.15) is 5.10 Å². The number of nitrogens with one attached hydrogen (secondary N) is 2. The molecule has 0 saturated heterocycles. The summed E-state index contributed by atoms with van der Waals surface area (Å²) in [7, 11) is 0. The average molecular weight is 351 g/mol. The van der Waals surface area contributed by atoms with Crippen LogP contribution in [-0.2, 0) is 19.6 Å². The minimum atomic E-state index is -0.463. The molecule has 3 aromatic rings. The number of carbonyl (C=O) groups excluding carboxylic acids is 1. The maximum absolute atomic E-state index is 12.6. The Morgan fingerprint density at radius 1 is 1.23 bits per heavy atom. The Morgan fingerprint density at radius 3 is 2.88 bits per heavy atom. The highest BCUT2D eigenvalue weighted by Crippen LogP contribution is 2.17. The van der Waals surface area contributed by atoms with Gasteiger partial charge in [-0.15, -0.1) is 0 Å². The predicted octanol–water partition coefficient (Wildman–Crippen LogP) is 1.27. The molecule has 2 aromatic heterocycles. The first-order chi connectivity index (χ1) is 12.7. The summed E-state index contributed by atoms with van der Waals surface area (Å²) in [6, 6.07) is 9.24. The van der Waals surface area contributed by atoms with E-state index in [1.54, 1.807) is 11.1 Å². The number of rotatable bonds is 4. The number of nitrogens with zero attached hydrogens (tertiary/aromatic N) is 3. The summed E-state index contributed by atoms with van der Waals surface area (Å²) in [5.41, 5.74) is 1.58. The summed E-state index contributed by atoms with van der Waals surface area (Å²) in [6.45, 7) is 1.09. The van der Waals surface area contributed by atoms with Gasteiger partial charge < -0.3 is 14.6 Å². The van der Waals surface area contributed by atoms with E-state index in [2.05, 4.69) is 20.2 Å². The standard InChI is InChI=1S/C18H17N5O3/c24-17-14(18(25)23-7-6-15-12(10-23)8-20-22-15)9-19-16(21-17)11-26-13-4-2-1-3-5-13/h1-5,8-9H,6-7,10-11H2,(H,20,22)(H,19,21,24). The van der Waals surface area contributed by atoms with Gasteiger partial charge in [-0.1, -0.05) is 18.2 Å².